The Kier molecular flexibility index (Phi) is 5.65. The van der Waals surface area contributed by atoms with E-state index >= 15 is 0 Å². The highest BCUT2D eigenvalue weighted by Crippen LogP contribution is 2.40. The van der Waals surface area contributed by atoms with Crippen molar-refractivity contribution in [2.24, 2.45) is 5.41 Å². The fourth-order valence-electron chi connectivity index (χ4n) is 4.38. The molecule has 0 bridgehead atoms. The van der Waals surface area contributed by atoms with Gasteiger partial charge in [-0.15, -0.1) is 11.3 Å². The van der Waals surface area contributed by atoms with E-state index in [9.17, 15) is 9.90 Å². The van der Waals surface area contributed by atoms with E-state index < -0.39 is 6.09 Å². The number of hydrogen-bond donors (Lipinski definition) is 1. The number of nitrogens with zero attached hydrogens (tertiary/aromatic N) is 2. The molecule has 1 amide bonds. The highest BCUT2D eigenvalue weighted by molar-refractivity contribution is 7.09. The van der Waals surface area contributed by atoms with Crippen molar-refractivity contribution in [1.82, 2.24) is 9.88 Å². The zero-order valence-corrected chi connectivity index (χ0v) is 18.5. The Balaban J connectivity index is 1.53. The lowest BCUT2D eigenvalue weighted by Gasteiger charge is -2.44. The summed E-state index contributed by atoms with van der Waals surface area (Å²) in [4.78, 5) is 18.2. The second kappa shape index (κ2) is 8.23. The summed E-state index contributed by atoms with van der Waals surface area (Å²) in [6, 6.07) is 14.7. The third-order valence-corrected chi connectivity index (χ3v) is 7.02. The Morgan fingerprint density at radius 1 is 1.17 bits per heavy atom. The first-order valence-corrected chi connectivity index (χ1v) is 11.3. The molecule has 4 nitrogen and oxygen atoms in total. The van der Waals surface area contributed by atoms with Gasteiger partial charge in [-0.25, -0.2) is 9.78 Å². The second-order valence-electron chi connectivity index (χ2n) is 9.09. The number of rotatable bonds is 3. The van der Waals surface area contributed by atoms with Gasteiger partial charge in [0.2, 0.25) is 0 Å². The van der Waals surface area contributed by atoms with Crippen LogP contribution in [0.4, 0.5) is 4.79 Å². The van der Waals surface area contributed by atoms with Crippen LogP contribution in [0.25, 0.3) is 22.9 Å². The minimum atomic E-state index is -0.814. The zero-order valence-electron chi connectivity index (χ0n) is 17.7. The largest absolute Gasteiger partial charge is 0.465 e. The van der Waals surface area contributed by atoms with Crippen molar-refractivity contribution >= 4 is 40.4 Å². The van der Waals surface area contributed by atoms with Crippen LogP contribution < -0.4 is 0 Å². The second-order valence-corrected chi connectivity index (χ2v) is 9.98. The number of hydrogen-bond acceptors (Lipinski definition) is 3. The number of likely N-dealkylation sites (tertiary alicyclic amines) is 1. The molecule has 2 unspecified atom stereocenters. The van der Waals surface area contributed by atoms with Gasteiger partial charge in [-0.2, -0.15) is 0 Å². The molecule has 1 N–H and O–H groups in total. The number of carboxylic acid groups (broad SMARTS) is 1. The van der Waals surface area contributed by atoms with Gasteiger partial charge >= 0.3 is 6.09 Å². The monoisotopic (exact) mass is 420 g/mol. The summed E-state index contributed by atoms with van der Waals surface area (Å²) < 4.78 is 0. The van der Waals surface area contributed by atoms with Gasteiger partial charge in [-0.05, 0) is 40.7 Å². The predicted molar refractivity (Wildman–Crippen MR) is 125 cm³/mol. The quantitative estimate of drug-likeness (QED) is 0.510. The topological polar surface area (TPSA) is 53.4 Å². The molecule has 2 aromatic carbocycles. The van der Waals surface area contributed by atoms with Gasteiger partial charge in [-0.1, -0.05) is 69.3 Å². The lowest BCUT2D eigenvalue weighted by molar-refractivity contribution is 0.0525. The van der Waals surface area contributed by atoms with E-state index in [0.717, 1.165) is 23.5 Å². The third-order valence-electron chi connectivity index (χ3n) is 5.99. The van der Waals surface area contributed by atoms with E-state index in [-0.39, 0.29) is 11.5 Å². The van der Waals surface area contributed by atoms with Crippen LogP contribution in [0.15, 0.2) is 47.8 Å². The van der Waals surface area contributed by atoms with Crippen molar-refractivity contribution in [3.63, 3.8) is 0 Å². The summed E-state index contributed by atoms with van der Waals surface area (Å²) in [6.07, 6.45) is 5.06. The third kappa shape index (κ3) is 4.26. The molecule has 1 aliphatic heterocycles. The van der Waals surface area contributed by atoms with E-state index in [0.29, 0.717) is 12.5 Å². The first-order chi connectivity index (χ1) is 14.3. The van der Waals surface area contributed by atoms with Crippen LogP contribution in [0.2, 0.25) is 0 Å². The van der Waals surface area contributed by atoms with E-state index in [4.69, 9.17) is 4.98 Å². The van der Waals surface area contributed by atoms with E-state index in [1.54, 1.807) is 16.2 Å². The van der Waals surface area contributed by atoms with E-state index in [2.05, 4.69) is 80.8 Å². The van der Waals surface area contributed by atoms with Gasteiger partial charge in [-0.3, -0.25) is 0 Å². The molecule has 0 aliphatic carbocycles. The number of amides is 1. The lowest BCUT2D eigenvalue weighted by Crippen LogP contribution is -2.51. The van der Waals surface area contributed by atoms with E-state index in [1.165, 1.54) is 16.3 Å². The van der Waals surface area contributed by atoms with Gasteiger partial charge < -0.3 is 10.0 Å². The molecule has 1 saturated heterocycles. The summed E-state index contributed by atoms with van der Waals surface area (Å²) in [6.45, 7) is 6.94. The summed E-state index contributed by atoms with van der Waals surface area (Å²) in [5.41, 5.74) is 2.06. The maximum Gasteiger partial charge on any atom is 0.407 e. The van der Waals surface area contributed by atoms with Crippen LogP contribution in [-0.2, 0) is 0 Å². The molecular weight excluding hydrogens is 392 g/mol. The molecule has 0 spiro atoms. The molecule has 4 rings (SSSR count). The van der Waals surface area contributed by atoms with Crippen molar-refractivity contribution < 1.29 is 9.90 Å². The lowest BCUT2D eigenvalue weighted by atomic mass is 9.77. The molecule has 156 valence electrons. The molecular formula is C25H28N2O2S. The smallest absolute Gasteiger partial charge is 0.407 e. The van der Waals surface area contributed by atoms with Crippen molar-refractivity contribution in [2.45, 2.75) is 45.6 Å². The van der Waals surface area contributed by atoms with Crippen LogP contribution in [0.1, 0.15) is 55.8 Å². The SMILES string of the molecule is CC(C)(C)C1CC(c2nc(C=Cc3cccc4ccccc34)cs2)CCN1C(=O)O. The minimum absolute atomic E-state index is 0.00678. The molecule has 0 radical (unpaired) electrons. The standard InChI is InChI=1S/C25H28N2O2S/c1-25(2,3)22-15-19(13-14-27(22)24(28)29)23-26-20(16-30-23)12-11-18-9-6-8-17-7-4-5-10-21(17)18/h4-12,16,19,22H,13-15H2,1-3H3,(H,28,29). The Morgan fingerprint density at radius 3 is 2.70 bits per heavy atom. The first-order valence-electron chi connectivity index (χ1n) is 10.4. The van der Waals surface area contributed by atoms with Crippen LogP contribution in [-0.4, -0.2) is 33.7 Å². The van der Waals surface area contributed by atoms with Gasteiger partial charge in [0.15, 0.2) is 0 Å². The summed E-state index contributed by atoms with van der Waals surface area (Å²) in [7, 11) is 0. The normalized spacial score (nSPS) is 20.2. The van der Waals surface area contributed by atoms with Crippen molar-refractivity contribution in [1.29, 1.82) is 0 Å². The summed E-state index contributed by atoms with van der Waals surface area (Å²) in [5.74, 6) is 0.314. The predicted octanol–water partition coefficient (Wildman–Crippen LogP) is 6.74. The average Bonchev–Trinajstić information content (AvgIpc) is 3.20. The summed E-state index contributed by atoms with van der Waals surface area (Å²) >= 11 is 1.69. The molecule has 0 saturated carbocycles. The number of piperidine rings is 1. The van der Waals surface area contributed by atoms with Gasteiger partial charge in [0, 0.05) is 23.9 Å². The summed E-state index contributed by atoms with van der Waals surface area (Å²) in [5, 5.41) is 15.3. The number of aromatic nitrogens is 1. The fourth-order valence-corrected chi connectivity index (χ4v) is 5.31. The van der Waals surface area contributed by atoms with Gasteiger partial charge in [0.25, 0.3) is 0 Å². The Bertz CT molecular complexity index is 1070. The number of fused-ring (bicyclic) bond motifs is 1. The average molecular weight is 421 g/mol. The maximum absolute atomic E-state index is 11.7. The van der Waals surface area contributed by atoms with Crippen molar-refractivity contribution in [3.8, 4) is 0 Å². The fraction of sp³-hybridized carbons (Fsp3) is 0.360. The Labute approximate surface area is 181 Å². The molecule has 2 heterocycles. The highest BCUT2D eigenvalue weighted by Gasteiger charge is 2.39. The Morgan fingerprint density at radius 2 is 1.93 bits per heavy atom. The molecule has 30 heavy (non-hydrogen) atoms. The molecule has 1 aromatic heterocycles. The molecule has 2 atom stereocenters. The Hall–Kier alpha value is -2.66. The van der Waals surface area contributed by atoms with Crippen molar-refractivity contribution in [2.75, 3.05) is 6.54 Å². The maximum atomic E-state index is 11.7. The van der Waals surface area contributed by atoms with Crippen LogP contribution in [0, 0.1) is 5.41 Å². The van der Waals surface area contributed by atoms with Crippen LogP contribution in [0.5, 0.6) is 0 Å². The van der Waals surface area contributed by atoms with Gasteiger partial charge in [0.1, 0.15) is 0 Å². The molecule has 1 aliphatic rings. The van der Waals surface area contributed by atoms with Gasteiger partial charge in [0.05, 0.1) is 10.7 Å². The molecule has 5 heteroatoms. The van der Waals surface area contributed by atoms with Crippen LogP contribution in [0.3, 0.4) is 0 Å². The highest BCUT2D eigenvalue weighted by atomic mass is 32.1. The van der Waals surface area contributed by atoms with Crippen LogP contribution >= 0.6 is 11.3 Å². The minimum Gasteiger partial charge on any atom is -0.465 e. The molecule has 1 fully saturated rings. The van der Waals surface area contributed by atoms with E-state index in [1.807, 2.05) is 0 Å². The number of thiazole rings is 1. The zero-order chi connectivity index (χ0) is 21.3. The number of benzene rings is 2. The van der Waals surface area contributed by atoms with Crippen molar-refractivity contribution in [3.05, 3.63) is 64.1 Å². The first kappa shape index (κ1) is 20.6. The number of carbonyl (C=O) groups is 1. The molecule has 3 aromatic rings.